The number of amides is 1. The molecule has 0 aliphatic carbocycles. The van der Waals surface area contributed by atoms with E-state index in [9.17, 15) is 4.79 Å². The van der Waals surface area contributed by atoms with Gasteiger partial charge < -0.3 is 9.64 Å². The number of hydrogen-bond donors (Lipinski definition) is 0. The first-order chi connectivity index (χ1) is 13.0. The number of thiazole rings is 1. The van der Waals surface area contributed by atoms with Gasteiger partial charge in [-0.3, -0.25) is 9.69 Å². The number of carbonyl (C=O) groups excluding carboxylic acids is 1. The SMILES string of the molecule is CCOc1cccc2sc(N(CCN(C)C)C(=O)c3ccccc3I)nc12.Cl. The van der Waals surface area contributed by atoms with Crippen LogP contribution < -0.4 is 9.64 Å². The highest BCUT2D eigenvalue weighted by Crippen LogP contribution is 2.35. The molecule has 1 heterocycles. The number of benzene rings is 2. The average Bonchev–Trinajstić information content (AvgIpc) is 3.07. The number of carbonyl (C=O) groups is 1. The molecular weight excluding hydrogens is 509 g/mol. The zero-order chi connectivity index (χ0) is 19.4. The van der Waals surface area contributed by atoms with E-state index in [4.69, 9.17) is 9.72 Å². The lowest BCUT2D eigenvalue weighted by Crippen LogP contribution is -2.37. The number of rotatable bonds is 7. The van der Waals surface area contributed by atoms with E-state index in [1.807, 2.05) is 63.5 Å². The van der Waals surface area contributed by atoms with Crippen molar-refractivity contribution in [1.82, 2.24) is 9.88 Å². The molecule has 150 valence electrons. The highest BCUT2D eigenvalue weighted by atomic mass is 127. The van der Waals surface area contributed by atoms with Crippen molar-refractivity contribution in [2.45, 2.75) is 6.92 Å². The van der Waals surface area contributed by atoms with E-state index in [-0.39, 0.29) is 18.3 Å². The van der Waals surface area contributed by atoms with Crippen molar-refractivity contribution in [3.63, 3.8) is 0 Å². The molecule has 0 bridgehead atoms. The molecule has 0 aliphatic rings. The van der Waals surface area contributed by atoms with E-state index in [1.54, 1.807) is 4.90 Å². The van der Waals surface area contributed by atoms with Crippen LogP contribution in [0.15, 0.2) is 42.5 Å². The minimum absolute atomic E-state index is 0. The van der Waals surface area contributed by atoms with Crippen molar-refractivity contribution in [2.75, 3.05) is 38.7 Å². The molecule has 28 heavy (non-hydrogen) atoms. The lowest BCUT2D eigenvalue weighted by molar-refractivity contribution is 0.0984. The first kappa shape index (κ1) is 22.9. The van der Waals surface area contributed by atoms with Crippen molar-refractivity contribution in [3.05, 3.63) is 51.6 Å². The summed E-state index contributed by atoms with van der Waals surface area (Å²) in [7, 11) is 4.00. The standard InChI is InChI=1S/C20H22IN3O2S.ClH/c1-4-26-16-10-7-11-17-18(16)22-20(27-17)24(13-12-23(2)3)19(25)14-8-5-6-9-15(14)21;/h5-11H,4,12-13H2,1-3H3;1H. The van der Waals surface area contributed by atoms with Gasteiger partial charge in [0.05, 0.1) is 16.9 Å². The Hall–Kier alpha value is -1.42. The van der Waals surface area contributed by atoms with Gasteiger partial charge in [-0.15, -0.1) is 12.4 Å². The highest BCUT2D eigenvalue weighted by Gasteiger charge is 2.23. The first-order valence-corrected chi connectivity index (χ1v) is 10.6. The predicted octanol–water partition coefficient (Wildman–Crippen LogP) is 4.93. The van der Waals surface area contributed by atoms with E-state index in [1.165, 1.54) is 11.3 Å². The Morgan fingerprint density at radius 2 is 1.89 bits per heavy atom. The predicted molar refractivity (Wildman–Crippen MR) is 127 cm³/mol. The molecule has 0 aliphatic heterocycles. The molecule has 0 atom stereocenters. The third-order valence-electron chi connectivity index (χ3n) is 4.02. The maximum Gasteiger partial charge on any atom is 0.261 e. The van der Waals surface area contributed by atoms with Crippen molar-refractivity contribution >= 4 is 67.6 Å². The number of fused-ring (bicyclic) bond motifs is 1. The van der Waals surface area contributed by atoms with Crippen LogP contribution in [0.3, 0.4) is 0 Å². The maximum absolute atomic E-state index is 13.3. The van der Waals surface area contributed by atoms with Gasteiger partial charge in [0, 0.05) is 16.7 Å². The molecule has 1 aromatic heterocycles. The van der Waals surface area contributed by atoms with Gasteiger partial charge in [0.2, 0.25) is 0 Å². The lowest BCUT2D eigenvalue weighted by Gasteiger charge is -2.22. The second kappa shape index (κ2) is 10.4. The summed E-state index contributed by atoms with van der Waals surface area (Å²) in [6.07, 6.45) is 0. The van der Waals surface area contributed by atoms with Crippen molar-refractivity contribution in [1.29, 1.82) is 0 Å². The van der Waals surface area contributed by atoms with Crippen LogP contribution in [0.25, 0.3) is 10.2 Å². The Labute approximate surface area is 189 Å². The van der Waals surface area contributed by atoms with E-state index < -0.39 is 0 Å². The molecule has 0 saturated carbocycles. The fourth-order valence-corrected chi connectivity index (χ4v) is 4.29. The Bertz CT molecular complexity index is 948. The fraction of sp³-hybridized carbons (Fsp3) is 0.300. The monoisotopic (exact) mass is 531 g/mol. The van der Waals surface area contributed by atoms with Crippen LogP contribution >= 0.6 is 46.3 Å². The van der Waals surface area contributed by atoms with Crippen molar-refractivity contribution in [2.24, 2.45) is 0 Å². The van der Waals surface area contributed by atoms with Gasteiger partial charge in [-0.2, -0.15) is 0 Å². The number of anilines is 1. The van der Waals surface area contributed by atoms with E-state index in [0.29, 0.717) is 23.8 Å². The molecule has 0 radical (unpaired) electrons. The van der Waals surface area contributed by atoms with Crippen LogP contribution in [0.5, 0.6) is 5.75 Å². The zero-order valence-electron chi connectivity index (χ0n) is 16.0. The summed E-state index contributed by atoms with van der Waals surface area (Å²) in [6, 6.07) is 13.5. The minimum Gasteiger partial charge on any atom is -0.492 e. The van der Waals surface area contributed by atoms with Crippen LogP contribution in [0, 0.1) is 3.57 Å². The van der Waals surface area contributed by atoms with Gasteiger partial charge in [0.1, 0.15) is 11.3 Å². The summed E-state index contributed by atoms with van der Waals surface area (Å²) in [5.74, 6) is 0.727. The summed E-state index contributed by atoms with van der Waals surface area (Å²) < 4.78 is 7.66. The van der Waals surface area contributed by atoms with Gasteiger partial charge in [-0.1, -0.05) is 29.5 Å². The van der Waals surface area contributed by atoms with Crippen molar-refractivity contribution in [3.8, 4) is 5.75 Å². The van der Waals surface area contributed by atoms with Crippen LogP contribution in [0.4, 0.5) is 5.13 Å². The summed E-state index contributed by atoms with van der Waals surface area (Å²) >= 11 is 3.72. The second-order valence-corrected chi connectivity index (χ2v) is 8.44. The Morgan fingerprint density at radius 1 is 1.14 bits per heavy atom. The third-order valence-corrected chi connectivity index (χ3v) is 6.01. The molecule has 3 aromatic rings. The van der Waals surface area contributed by atoms with Gasteiger partial charge >= 0.3 is 0 Å². The van der Waals surface area contributed by atoms with E-state index in [0.717, 1.165) is 26.1 Å². The third kappa shape index (κ3) is 5.14. The molecule has 0 fully saturated rings. The molecular formula is C20H23ClIN3O2S. The second-order valence-electron chi connectivity index (χ2n) is 6.27. The molecule has 0 spiro atoms. The Kier molecular flexibility index (Phi) is 8.48. The van der Waals surface area contributed by atoms with E-state index in [2.05, 4.69) is 27.5 Å². The summed E-state index contributed by atoms with van der Waals surface area (Å²) in [5.41, 5.74) is 1.51. The first-order valence-electron chi connectivity index (χ1n) is 8.74. The molecule has 5 nitrogen and oxygen atoms in total. The number of ether oxygens (including phenoxy) is 1. The molecule has 0 unspecified atom stereocenters. The fourth-order valence-electron chi connectivity index (χ4n) is 2.66. The number of halogens is 2. The van der Waals surface area contributed by atoms with E-state index >= 15 is 0 Å². The maximum atomic E-state index is 13.3. The van der Waals surface area contributed by atoms with Crippen LogP contribution in [-0.4, -0.2) is 49.6 Å². The number of aromatic nitrogens is 1. The lowest BCUT2D eigenvalue weighted by atomic mass is 10.2. The molecule has 1 amide bonds. The van der Waals surface area contributed by atoms with Gasteiger partial charge in [-0.25, -0.2) is 4.98 Å². The average molecular weight is 532 g/mol. The number of para-hydroxylation sites is 1. The van der Waals surface area contributed by atoms with Gasteiger partial charge in [0.15, 0.2) is 5.13 Å². The van der Waals surface area contributed by atoms with Crippen LogP contribution in [-0.2, 0) is 0 Å². The molecule has 0 N–H and O–H groups in total. The normalized spacial score (nSPS) is 10.8. The van der Waals surface area contributed by atoms with Crippen molar-refractivity contribution < 1.29 is 9.53 Å². The van der Waals surface area contributed by atoms with Crippen LogP contribution in [0.2, 0.25) is 0 Å². The summed E-state index contributed by atoms with van der Waals surface area (Å²) in [5, 5.41) is 0.698. The number of likely N-dealkylation sites (N-methyl/N-ethyl adjacent to an activating group) is 1. The number of hydrogen-bond acceptors (Lipinski definition) is 5. The van der Waals surface area contributed by atoms with Crippen LogP contribution in [0.1, 0.15) is 17.3 Å². The summed E-state index contributed by atoms with van der Waals surface area (Å²) in [6.45, 7) is 3.86. The largest absolute Gasteiger partial charge is 0.492 e. The molecule has 2 aromatic carbocycles. The van der Waals surface area contributed by atoms with Gasteiger partial charge in [0.25, 0.3) is 5.91 Å². The topological polar surface area (TPSA) is 45.7 Å². The number of nitrogens with zero attached hydrogens (tertiary/aromatic N) is 3. The quantitative estimate of drug-likeness (QED) is 0.406. The molecule has 8 heteroatoms. The minimum atomic E-state index is -0.0288. The zero-order valence-corrected chi connectivity index (χ0v) is 19.8. The molecule has 0 saturated heterocycles. The summed E-state index contributed by atoms with van der Waals surface area (Å²) in [4.78, 5) is 21.9. The highest BCUT2D eigenvalue weighted by molar-refractivity contribution is 14.1. The Morgan fingerprint density at radius 3 is 2.57 bits per heavy atom. The van der Waals surface area contributed by atoms with Gasteiger partial charge in [-0.05, 0) is 67.9 Å². The molecule has 3 rings (SSSR count). The Balaban J connectivity index is 0.00000280. The smallest absolute Gasteiger partial charge is 0.261 e.